The zero-order chi connectivity index (χ0) is 19.5. The number of piperidine rings is 1. The van der Waals surface area contributed by atoms with Crippen LogP contribution in [0, 0.1) is 11.8 Å². The lowest BCUT2D eigenvalue weighted by Crippen LogP contribution is -2.41. The van der Waals surface area contributed by atoms with E-state index in [1.807, 2.05) is 4.90 Å². The van der Waals surface area contributed by atoms with E-state index in [2.05, 4.69) is 16.1 Å². The van der Waals surface area contributed by atoms with Gasteiger partial charge in [-0.1, -0.05) is 6.42 Å². The summed E-state index contributed by atoms with van der Waals surface area (Å²) in [5.41, 5.74) is 3.37. The van der Waals surface area contributed by atoms with Crippen molar-refractivity contribution in [2.24, 2.45) is 11.8 Å². The summed E-state index contributed by atoms with van der Waals surface area (Å²) in [5, 5.41) is 3.38. The van der Waals surface area contributed by atoms with E-state index in [0.717, 1.165) is 48.8 Å². The molecule has 29 heavy (non-hydrogen) atoms. The van der Waals surface area contributed by atoms with E-state index >= 15 is 0 Å². The average Bonchev–Trinajstić information content (AvgIpc) is 3.66. The van der Waals surface area contributed by atoms with Crippen LogP contribution in [-0.4, -0.2) is 49.9 Å². The van der Waals surface area contributed by atoms with Gasteiger partial charge in [-0.2, -0.15) is 0 Å². The molecule has 7 nitrogen and oxygen atoms in total. The molecule has 6 rings (SSSR count). The number of fused-ring (bicyclic) bond motifs is 2. The molecule has 2 aromatic rings. The van der Waals surface area contributed by atoms with Crippen LogP contribution < -0.4 is 5.56 Å². The highest BCUT2D eigenvalue weighted by atomic mass is 16.2. The standard InChI is InChI=1S/C22H29N5O2/c28-21(15-6-7-15)26-10-8-17-16(13-26)22(29)27-20(23-17)11-18(24-27)19-3-1-2-9-25(19)12-14-4-5-14/h11,14-15,19,24H,1-10,12-13H2/t19-/m0/s1. The molecule has 1 amide bonds. The minimum absolute atomic E-state index is 0.0332. The summed E-state index contributed by atoms with van der Waals surface area (Å²) < 4.78 is 1.61. The second kappa shape index (κ2) is 6.69. The molecule has 0 aromatic carbocycles. The van der Waals surface area contributed by atoms with Crippen molar-refractivity contribution in [3.8, 4) is 0 Å². The third-order valence-corrected chi connectivity index (χ3v) is 7.18. The molecule has 4 heterocycles. The van der Waals surface area contributed by atoms with Crippen LogP contribution in [0.2, 0.25) is 0 Å². The Balaban J connectivity index is 1.32. The quantitative estimate of drug-likeness (QED) is 0.862. The second-order valence-corrected chi connectivity index (χ2v) is 9.48. The lowest BCUT2D eigenvalue weighted by molar-refractivity contribution is -0.133. The topological polar surface area (TPSA) is 73.7 Å². The molecule has 1 N–H and O–H groups in total. The van der Waals surface area contributed by atoms with Crippen molar-refractivity contribution >= 4 is 11.6 Å². The van der Waals surface area contributed by atoms with E-state index in [9.17, 15) is 9.59 Å². The zero-order valence-corrected chi connectivity index (χ0v) is 16.9. The number of H-pyrrole nitrogens is 1. The van der Waals surface area contributed by atoms with Crippen molar-refractivity contribution in [1.29, 1.82) is 0 Å². The highest BCUT2D eigenvalue weighted by Gasteiger charge is 2.36. The van der Waals surface area contributed by atoms with E-state index in [4.69, 9.17) is 4.98 Å². The number of carbonyl (C=O) groups is 1. The van der Waals surface area contributed by atoms with Crippen molar-refractivity contribution in [1.82, 2.24) is 24.4 Å². The lowest BCUT2D eigenvalue weighted by Gasteiger charge is -2.35. The monoisotopic (exact) mass is 395 g/mol. The van der Waals surface area contributed by atoms with E-state index < -0.39 is 0 Å². The van der Waals surface area contributed by atoms with Gasteiger partial charge in [0.25, 0.3) is 5.56 Å². The van der Waals surface area contributed by atoms with Crippen LogP contribution in [0.5, 0.6) is 0 Å². The molecule has 4 aliphatic rings. The van der Waals surface area contributed by atoms with Gasteiger partial charge in [0.15, 0.2) is 5.65 Å². The number of hydrogen-bond acceptors (Lipinski definition) is 4. The summed E-state index contributed by atoms with van der Waals surface area (Å²) in [7, 11) is 0. The molecule has 2 aliphatic heterocycles. The first-order valence-corrected chi connectivity index (χ1v) is 11.3. The van der Waals surface area contributed by atoms with Crippen LogP contribution in [0.25, 0.3) is 5.65 Å². The Morgan fingerprint density at radius 1 is 1.14 bits per heavy atom. The van der Waals surface area contributed by atoms with Gasteiger partial charge < -0.3 is 4.90 Å². The fourth-order valence-electron chi connectivity index (χ4n) is 5.14. The van der Waals surface area contributed by atoms with Crippen LogP contribution in [0.15, 0.2) is 10.9 Å². The Labute approximate surface area is 170 Å². The summed E-state index contributed by atoms with van der Waals surface area (Å²) >= 11 is 0. The summed E-state index contributed by atoms with van der Waals surface area (Å²) in [6, 6.07) is 2.44. The number of nitrogens with one attached hydrogen (secondary N) is 1. The first kappa shape index (κ1) is 17.7. The Hall–Kier alpha value is -2.15. The molecule has 7 heteroatoms. The third-order valence-electron chi connectivity index (χ3n) is 7.18. The van der Waals surface area contributed by atoms with Crippen molar-refractivity contribution in [2.45, 2.75) is 64.0 Å². The van der Waals surface area contributed by atoms with Crippen molar-refractivity contribution in [3.63, 3.8) is 0 Å². The molecule has 0 unspecified atom stereocenters. The second-order valence-electron chi connectivity index (χ2n) is 9.48. The first-order valence-electron chi connectivity index (χ1n) is 11.3. The number of amides is 1. The summed E-state index contributed by atoms with van der Waals surface area (Å²) in [5.74, 6) is 1.27. The number of rotatable bonds is 4. The number of likely N-dealkylation sites (tertiary alicyclic amines) is 1. The third kappa shape index (κ3) is 3.19. The molecule has 154 valence electrons. The van der Waals surface area contributed by atoms with Crippen molar-refractivity contribution in [3.05, 3.63) is 33.4 Å². The van der Waals surface area contributed by atoms with E-state index in [1.54, 1.807) is 4.52 Å². The Morgan fingerprint density at radius 2 is 2.00 bits per heavy atom. The van der Waals surface area contributed by atoms with Gasteiger partial charge in [0.2, 0.25) is 5.91 Å². The maximum Gasteiger partial charge on any atom is 0.277 e. The molecule has 0 spiro atoms. The number of hydrogen-bond donors (Lipinski definition) is 1. The van der Waals surface area contributed by atoms with Crippen LogP contribution in [0.1, 0.15) is 67.9 Å². The smallest absolute Gasteiger partial charge is 0.277 e. The number of carbonyl (C=O) groups excluding carboxylic acids is 1. The number of nitrogens with zero attached hydrogens (tertiary/aromatic N) is 4. The molecule has 1 atom stereocenters. The number of aromatic amines is 1. The molecule has 1 saturated heterocycles. The van der Waals surface area contributed by atoms with Gasteiger partial charge in [-0.05, 0) is 51.0 Å². The molecule has 2 aromatic heterocycles. The van der Waals surface area contributed by atoms with Crippen LogP contribution >= 0.6 is 0 Å². The van der Waals surface area contributed by atoms with Crippen molar-refractivity contribution < 1.29 is 4.79 Å². The van der Waals surface area contributed by atoms with Crippen molar-refractivity contribution in [2.75, 3.05) is 19.6 Å². The van der Waals surface area contributed by atoms with Crippen LogP contribution in [0.4, 0.5) is 0 Å². The first-order chi connectivity index (χ1) is 14.2. The predicted molar refractivity (Wildman–Crippen MR) is 109 cm³/mol. The fraction of sp³-hybridized carbons (Fsp3) is 0.682. The molecular formula is C22H29N5O2. The Bertz CT molecular complexity index is 1020. The van der Waals surface area contributed by atoms with Gasteiger partial charge in [-0.15, -0.1) is 0 Å². The van der Waals surface area contributed by atoms with Crippen LogP contribution in [0.3, 0.4) is 0 Å². The summed E-state index contributed by atoms with van der Waals surface area (Å²) in [6.45, 7) is 3.41. The molecule has 0 radical (unpaired) electrons. The summed E-state index contributed by atoms with van der Waals surface area (Å²) in [6.07, 6.45) is 9.03. The Kier molecular flexibility index (Phi) is 4.08. The molecule has 2 saturated carbocycles. The van der Waals surface area contributed by atoms with Gasteiger partial charge >= 0.3 is 0 Å². The maximum absolute atomic E-state index is 13.2. The normalized spacial score (nSPS) is 25.4. The molecule has 0 bridgehead atoms. The van der Waals surface area contributed by atoms with Gasteiger partial charge in [-0.3, -0.25) is 19.6 Å². The average molecular weight is 396 g/mol. The highest BCUT2D eigenvalue weighted by molar-refractivity contribution is 5.81. The molecule has 3 fully saturated rings. The molecular weight excluding hydrogens is 366 g/mol. The van der Waals surface area contributed by atoms with Gasteiger partial charge in [0.1, 0.15) is 0 Å². The van der Waals surface area contributed by atoms with E-state index in [-0.39, 0.29) is 17.4 Å². The molecule has 2 aliphatic carbocycles. The van der Waals surface area contributed by atoms with Gasteiger partial charge in [0, 0.05) is 31.5 Å². The Morgan fingerprint density at radius 3 is 2.79 bits per heavy atom. The van der Waals surface area contributed by atoms with E-state index in [0.29, 0.717) is 31.1 Å². The van der Waals surface area contributed by atoms with Crippen LogP contribution in [-0.2, 0) is 17.8 Å². The number of aromatic nitrogens is 3. The lowest BCUT2D eigenvalue weighted by atomic mass is 9.99. The zero-order valence-electron chi connectivity index (χ0n) is 16.9. The maximum atomic E-state index is 13.2. The van der Waals surface area contributed by atoms with Gasteiger partial charge in [0.05, 0.1) is 29.5 Å². The highest BCUT2D eigenvalue weighted by Crippen LogP contribution is 2.37. The predicted octanol–water partition coefficient (Wildman–Crippen LogP) is 2.25. The fourth-order valence-corrected chi connectivity index (χ4v) is 5.14. The minimum Gasteiger partial charge on any atom is -0.337 e. The SMILES string of the molecule is O=C(C1CC1)N1CCc2nc3cc([C@@H]4CCCCN4CC4CC4)[nH]n3c(=O)c2C1. The largest absolute Gasteiger partial charge is 0.337 e. The summed E-state index contributed by atoms with van der Waals surface area (Å²) in [4.78, 5) is 35.0. The van der Waals surface area contributed by atoms with E-state index in [1.165, 1.54) is 32.2 Å². The minimum atomic E-state index is -0.0332. The van der Waals surface area contributed by atoms with Gasteiger partial charge in [-0.25, -0.2) is 9.50 Å².